The van der Waals surface area contributed by atoms with Crippen molar-refractivity contribution in [2.45, 2.75) is 341 Å². The zero-order chi connectivity index (χ0) is 59.8. The lowest BCUT2D eigenvalue weighted by Gasteiger charge is -2.24. The monoisotopic (exact) mass is 1170 g/mol. The van der Waals surface area contributed by atoms with Crippen molar-refractivity contribution < 1.29 is 42.1 Å². The lowest BCUT2D eigenvalue weighted by atomic mass is 10.0. The first-order valence-electron chi connectivity index (χ1n) is 35.0. The maximum Gasteiger partial charge on any atom is 0.472 e. The second-order valence-electron chi connectivity index (χ2n) is 24.9. The predicted octanol–water partition coefficient (Wildman–Crippen LogP) is 22.6. The number of carbonyl (C=O) groups excluding carboxylic acids is 2. The average Bonchev–Trinajstić information content (AvgIpc) is 3.45. The second-order valence-corrected chi connectivity index (χ2v) is 26.4. The highest BCUT2D eigenvalue weighted by molar-refractivity contribution is 7.47. The van der Waals surface area contributed by atoms with Crippen LogP contribution in [-0.4, -0.2) is 74.9 Å². The van der Waals surface area contributed by atoms with Gasteiger partial charge in [-0.1, -0.05) is 325 Å². The Hall–Kier alpha value is -2.29. The first kappa shape index (κ1) is 79.7. The van der Waals surface area contributed by atoms with Crippen LogP contribution in [0.15, 0.2) is 60.8 Å². The van der Waals surface area contributed by atoms with Crippen molar-refractivity contribution in [3.63, 3.8) is 0 Å². The van der Waals surface area contributed by atoms with Gasteiger partial charge in [-0.15, -0.1) is 0 Å². The summed E-state index contributed by atoms with van der Waals surface area (Å²) in [6.07, 6.45) is 83.3. The molecular formula is C72H135NO8P+. The molecule has 0 heterocycles. The summed E-state index contributed by atoms with van der Waals surface area (Å²) < 4.78 is 34.7. The molecule has 1 N–H and O–H groups in total. The van der Waals surface area contributed by atoms with Crippen LogP contribution in [0.1, 0.15) is 335 Å². The molecule has 0 rings (SSSR count). The fourth-order valence-electron chi connectivity index (χ4n) is 10.2. The molecule has 0 aliphatic heterocycles. The average molecular weight is 1170 g/mol. The summed E-state index contributed by atoms with van der Waals surface area (Å²) in [4.78, 5) is 35.9. The number of quaternary nitrogens is 1. The number of phosphoric acid groups is 1. The van der Waals surface area contributed by atoms with Gasteiger partial charge in [-0.2, -0.15) is 0 Å². The number of nitrogens with zero attached hydrogens (tertiary/aromatic N) is 1. The highest BCUT2D eigenvalue weighted by atomic mass is 31.2. The zero-order valence-electron chi connectivity index (χ0n) is 54.7. The maximum absolute atomic E-state index is 12.9. The first-order valence-corrected chi connectivity index (χ1v) is 36.5. The molecule has 82 heavy (non-hydrogen) atoms. The summed E-state index contributed by atoms with van der Waals surface area (Å²) in [5, 5.41) is 0. The van der Waals surface area contributed by atoms with Crippen molar-refractivity contribution in [2.24, 2.45) is 0 Å². The van der Waals surface area contributed by atoms with Crippen LogP contribution < -0.4 is 0 Å². The van der Waals surface area contributed by atoms with E-state index in [1.165, 1.54) is 231 Å². The Bertz CT molecular complexity index is 1570. The molecule has 0 spiro atoms. The van der Waals surface area contributed by atoms with Crippen LogP contribution in [0.2, 0.25) is 0 Å². The number of hydrogen-bond donors (Lipinski definition) is 1. The van der Waals surface area contributed by atoms with E-state index in [0.29, 0.717) is 23.9 Å². The molecule has 480 valence electrons. The summed E-state index contributed by atoms with van der Waals surface area (Å²) in [6, 6.07) is 0. The van der Waals surface area contributed by atoms with E-state index in [0.717, 1.165) is 70.6 Å². The van der Waals surface area contributed by atoms with E-state index in [1.54, 1.807) is 0 Å². The number of allylic oxidation sites excluding steroid dienone is 10. The van der Waals surface area contributed by atoms with Crippen LogP contribution in [0, 0.1) is 0 Å². The molecule has 0 aromatic carbocycles. The van der Waals surface area contributed by atoms with E-state index in [4.69, 9.17) is 18.5 Å². The van der Waals surface area contributed by atoms with Crippen molar-refractivity contribution in [1.82, 2.24) is 0 Å². The first-order chi connectivity index (χ1) is 40.0. The van der Waals surface area contributed by atoms with Crippen LogP contribution in [0.5, 0.6) is 0 Å². The predicted molar refractivity (Wildman–Crippen MR) is 353 cm³/mol. The van der Waals surface area contributed by atoms with Crippen LogP contribution in [0.3, 0.4) is 0 Å². The van der Waals surface area contributed by atoms with Gasteiger partial charge in [0, 0.05) is 12.8 Å². The topological polar surface area (TPSA) is 108 Å². The molecule has 0 aliphatic rings. The summed E-state index contributed by atoms with van der Waals surface area (Å²) in [5.41, 5.74) is 0. The van der Waals surface area contributed by atoms with Gasteiger partial charge >= 0.3 is 19.8 Å². The summed E-state index contributed by atoms with van der Waals surface area (Å²) in [7, 11) is 1.49. The summed E-state index contributed by atoms with van der Waals surface area (Å²) in [6.45, 7) is 4.38. The molecule has 0 aromatic rings. The Morgan fingerprint density at radius 1 is 0.390 bits per heavy atom. The minimum absolute atomic E-state index is 0.0321. The maximum atomic E-state index is 12.9. The number of hydrogen-bond acceptors (Lipinski definition) is 7. The molecule has 10 heteroatoms. The van der Waals surface area contributed by atoms with Crippen molar-refractivity contribution in [1.29, 1.82) is 0 Å². The highest BCUT2D eigenvalue weighted by Gasteiger charge is 2.27. The number of phosphoric ester groups is 1. The fraction of sp³-hybridized carbons (Fsp3) is 0.833. The van der Waals surface area contributed by atoms with Crippen LogP contribution >= 0.6 is 7.82 Å². The van der Waals surface area contributed by atoms with Gasteiger partial charge in [0.15, 0.2) is 6.10 Å². The normalized spacial score (nSPS) is 13.5. The van der Waals surface area contributed by atoms with Crippen molar-refractivity contribution in [3.8, 4) is 0 Å². The zero-order valence-corrected chi connectivity index (χ0v) is 55.6. The summed E-state index contributed by atoms with van der Waals surface area (Å²) in [5.74, 6) is -0.783. The van der Waals surface area contributed by atoms with E-state index in [9.17, 15) is 19.0 Å². The number of carbonyl (C=O) groups is 2. The standard InChI is InChI=1S/C72H134NO8P/c1-6-8-10-12-14-16-18-20-22-24-26-28-30-32-34-36-38-40-42-44-46-48-50-52-54-56-58-60-62-64-71(74)78-68-70(69-80-82(76,77)79-67-66-73(3,4)5)81-72(75)65-63-61-59-57-55-53-51-49-47-45-43-41-39-37-35-33-31-29-27-25-23-21-19-17-15-13-11-9-7-2/h9,11,15,17,21,23,27,29,33,35,70H,6-8,10,12-14,16,18-20,22,24-26,28,30-32,34,36-69H2,1-5H3/p+1/b11-9-,17-15-,23-21-,29-27-,35-33-. The largest absolute Gasteiger partial charge is 0.472 e. The Morgan fingerprint density at radius 3 is 1.04 bits per heavy atom. The van der Waals surface area contributed by atoms with Crippen LogP contribution in [-0.2, 0) is 32.7 Å². The Balaban J connectivity index is 4.02. The van der Waals surface area contributed by atoms with Gasteiger partial charge in [0.05, 0.1) is 27.7 Å². The molecule has 0 bridgehead atoms. The van der Waals surface area contributed by atoms with Gasteiger partial charge in [-0.25, -0.2) is 4.57 Å². The number of likely N-dealkylation sites (N-methyl/N-ethyl adjacent to an activating group) is 1. The third-order valence-electron chi connectivity index (χ3n) is 15.6. The van der Waals surface area contributed by atoms with E-state index in [-0.39, 0.29) is 25.6 Å². The van der Waals surface area contributed by atoms with E-state index < -0.39 is 26.5 Å². The van der Waals surface area contributed by atoms with Gasteiger partial charge in [0.2, 0.25) is 0 Å². The molecule has 2 atom stereocenters. The molecule has 0 aliphatic carbocycles. The molecular weight excluding hydrogens is 1040 g/mol. The lowest BCUT2D eigenvalue weighted by Crippen LogP contribution is -2.37. The highest BCUT2D eigenvalue weighted by Crippen LogP contribution is 2.43. The smallest absolute Gasteiger partial charge is 0.462 e. The Kier molecular flexibility index (Phi) is 61.5. The number of rotatable bonds is 65. The third kappa shape index (κ3) is 66.8. The molecule has 0 saturated heterocycles. The number of unbranched alkanes of at least 4 members (excludes halogenated alkanes) is 41. The molecule has 2 unspecified atom stereocenters. The molecule has 0 aromatic heterocycles. The third-order valence-corrected chi connectivity index (χ3v) is 16.5. The quantitative estimate of drug-likeness (QED) is 0.0211. The minimum Gasteiger partial charge on any atom is -0.462 e. The minimum atomic E-state index is -4.39. The number of esters is 2. The van der Waals surface area contributed by atoms with E-state index >= 15 is 0 Å². The van der Waals surface area contributed by atoms with Crippen molar-refractivity contribution in [2.75, 3.05) is 47.5 Å². The SMILES string of the molecule is CC/C=C\C/C=C\C/C=C\C/C=C\C/C=C\CCCCCCCCCCCCCCCC(=O)OC(COC(=O)CCCCCCCCCCCCCCCCCCCCCCCCCCCCCCC)COP(=O)(O)OCC[N+](C)(C)C. The van der Waals surface area contributed by atoms with Crippen LogP contribution in [0.25, 0.3) is 0 Å². The van der Waals surface area contributed by atoms with Gasteiger partial charge in [0.1, 0.15) is 19.8 Å². The molecule has 0 radical (unpaired) electrons. The van der Waals surface area contributed by atoms with Crippen LogP contribution in [0.4, 0.5) is 0 Å². The van der Waals surface area contributed by atoms with Gasteiger partial charge in [0.25, 0.3) is 0 Å². The van der Waals surface area contributed by atoms with Crippen molar-refractivity contribution in [3.05, 3.63) is 60.8 Å². The van der Waals surface area contributed by atoms with Gasteiger partial charge in [-0.3, -0.25) is 18.6 Å². The number of ether oxygens (including phenoxy) is 2. The van der Waals surface area contributed by atoms with Gasteiger partial charge in [-0.05, 0) is 57.8 Å². The van der Waals surface area contributed by atoms with E-state index in [2.05, 4.69) is 74.6 Å². The molecule has 0 fully saturated rings. The van der Waals surface area contributed by atoms with Gasteiger partial charge < -0.3 is 18.9 Å². The molecule has 0 amide bonds. The molecule has 9 nitrogen and oxygen atoms in total. The summed E-state index contributed by atoms with van der Waals surface area (Å²) >= 11 is 0. The second kappa shape index (κ2) is 63.2. The van der Waals surface area contributed by atoms with Crippen molar-refractivity contribution >= 4 is 19.8 Å². The Labute approximate surface area is 508 Å². The fourth-order valence-corrected chi connectivity index (χ4v) is 11.0. The van der Waals surface area contributed by atoms with E-state index in [1.807, 2.05) is 21.1 Å². The molecule has 0 saturated carbocycles. The lowest BCUT2D eigenvalue weighted by molar-refractivity contribution is -0.870. The Morgan fingerprint density at radius 2 is 0.695 bits per heavy atom.